The predicted octanol–water partition coefficient (Wildman–Crippen LogP) is 12.6. The fourth-order valence-corrected chi connectivity index (χ4v) is 20.1. The van der Waals surface area contributed by atoms with Gasteiger partial charge in [0.25, 0.3) is 5.97 Å². The van der Waals surface area contributed by atoms with Gasteiger partial charge in [-0.25, -0.2) is 0 Å². The van der Waals surface area contributed by atoms with Crippen molar-refractivity contribution in [2.45, 2.75) is 149 Å². The van der Waals surface area contributed by atoms with E-state index in [0.717, 1.165) is 54.9 Å². The van der Waals surface area contributed by atoms with Gasteiger partial charge in [0.05, 0.1) is 43.9 Å². The first kappa shape index (κ1) is 69.3. The van der Waals surface area contributed by atoms with E-state index in [0.29, 0.717) is 11.5 Å². The number of aliphatic carboxylic acids is 1. The molecule has 1 aliphatic rings. The van der Waals surface area contributed by atoms with Crippen molar-refractivity contribution in [3.05, 3.63) is 240 Å². The van der Waals surface area contributed by atoms with Gasteiger partial charge in [0.15, 0.2) is 0 Å². The van der Waals surface area contributed by atoms with Crippen LogP contribution in [0.2, 0.25) is 0 Å². The molecule has 0 heterocycles. The second kappa shape index (κ2) is 29.8. The molecule has 1 saturated carbocycles. The molecule has 11 heteroatoms. The quantitative estimate of drug-likeness (QED) is 0.0718. The first-order valence-corrected chi connectivity index (χ1v) is 32.6. The zero-order valence-corrected chi connectivity index (χ0v) is 55.6. The second-order valence-electron chi connectivity index (χ2n) is 25.8. The van der Waals surface area contributed by atoms with Crippen molar-refractivity contribution < 1.29 is 49.3 Å². The minimum absolute atomic E-state index is 0. The summed E-state index contributed by atoms with van der Waals surface area (Å²) in [6.45, 7) is 27.1. The fraction of sp³-hybridized carbons (Fsp3) is 0.311. The number of hydrogen-bond donors (Lipinski definition) is 3. The molecule has 7 nitrogen and oxygen atoms in total. The van der Waals surface area contributed by atoms with Crippen molar-refractivity contribution in [3.63, 3.8) is 0 Å². The molecule has 1 aliphatic carbocycles. The Balaban J connectivity index is 0.000000286. The van der Waals surface area contributed by atoms with Crippen LogP contribution in [0.5, 0.6) is 11.5 Å². The summed E-state index contributed by atoms with van der Waals surface area (Å²) in [5.74, 6) is -0.197. The summed E-state index contributed by atoms with van der Waals surface area (Å²) in [5, 5.41) is 37.4. The third kappa shape index (κ3) is 17.2. The molecule has 2 atom stereocenters. The Hall–Kier alpha value is -6.46. The van der Waals surface area contributed by atoms with Crippen LogP contribution in [0, 0.1) is 0 Å². The number of phenols is 2. The molecule has 9 rings (SSSR count). The van der Waals surface area contributed by atoms with E-state index in [1.165, 1.54) is 43.0 Å². The molecule has 0 aliphatic heterocycles. The Labute approximate surface area is 525 Å². The Morgan fingerprint density at radius 3 is 0.859 bits per heavy atom. The third-order valence-corrected chi connectivity index (χ3v) is 23.6. The molecule has 0 aromatic heterocycles. The number of aromatic hydroxyl groups is 2. The van der Waals surface area contributed by atoms with Crippen LogP contribution in [0.25, 0.3) is 0 Å². The Bertz CT molecular complexity index is 3180. The van der Waals surface area contributed by atoms with Crippen molar-refractivity contribution in [3.8, 4) is 11.5 Å². The molecule has 0 spiro atoms. The van der Waals surface area contributed by atoms with Gasteiger partial charge in [0.1, 0.15) is 11.5 Å². The van der Waals surface area contributed by atoms with E-state index >= 15 is 0 Å². The summed E-state index contributed by atoms with van der Waals surface area (Å²) in [6.07, 6.45) is 7.90. The van der Waals surface area contributed by atoms with E-state index in [9.17, 15) is 10.2 Å². The van der Waals surface area contributed by atoms with Gasteiger partial charge < -0.3 is 27.7 Å². The monoisotopic (exact) mass is 1240 g/mol. The van der Waals surface area contributed by atoms with Crippen molar-refractivity contribution in [2.24, 2.45) is 9.98 Å². The van der Waals surface area contributed by atoms with Crippen LogP contribution in [0.3, 0.4) is 0 Å². The summed E-state index contributed by atoms with van der Waals surface area (Å²) >= 11 is 0. The topological polar surface area (TPSA) is 117 Å². The summed E-state index contributed by atoms with van der Waals surface area (Å²) in [7, 11) is -4.99. The molecule has 449 valence electrons. The normalized spacial score (nSPS) is 14.8. The molecule has 3 N–H and O–H groups in total. The van der Waals surface area contributed by atoms with E-state index < -0.39 is 20.1 Å². The van der Waals surface area contributed by atoms with Crippen LogP contribution in [-0.4, -0.2) is 45.8 Å². The van der Waals surface area contributed by atoms with Gasteiger partial charge in [0.2, 0.25) is 0 Å². The van der Waals surface area contributed by atoms with Crippen LogP contribution in [0.15, 0.2) is 216 Å². The average Bonchev–Trinajstić information content (AvgIpc) is 1.18. The van der Waals surface area contributed by atoms with Gasteiger partial charge in [0, 0.05) is 58.4 Å². The number of halogens is 1. The number of hydrogen-bond acceptors (Lipinski definition) is 5. The third-order valence-electron chi connectivity index (χ3n) is 15.2. The molecule has 1 fully saturated rings. The van der Waals surface area contributed by atoms with E-state index in [1.54, 1.807) is 0 Å². The first-order valence-electron chi connectivity index (χ1n) is 29.2. The smallest absolute Gasteiger partial charge is 0.301 e. The zero-order valence-electron chi connectivity index (χ0n) is 52.0. The standard InChI is InChI=1S/C36H54N2O2.C36H30NP2.C2H4O2.ClH.Co/c1-33(2,3)25-17-23(31(39)27(19-25)35(7,8)9)21-37-29-15-13-14-16-30(29)38-22-24-18-26(34(4,5)6)20-28(32(24)40)36(10,11)12;1-7-19-31(20-8-1)38(32-21-9-2-10-22-32,33-23-11-3-12-24-33)37-39(34-25-13-4-14-26-34,35-27-15-5-16-28-35)36-29-17-6-18-30-36;1-2(3)4;;/h17-22,29-30,39-40H,13-16H2,1-12H3;1-30H;1H3,(H,3,4);1H;/q;+1;;;/p-1. The van der Waals surface area contributed by atoms with Crippen molar-refractivity contribution >= 4 is 64.3 Å². The number of nitrogens with zero attached hydrogens (tertiary/aromatic N) is 3. The SMILES string of the molecule is CC(=O)O.CC(C)(C)c1cc(C=NC2CCCCC2N=Cc2cc(C(C)(C)C)cc(C(C)(C)C)c2O)c(O)c(C(C)(C)C)c1.[Cl-].[Co].c1ccc(P(=[N+]=P(c2ccccc2)(c2ccccc2)c2ccccc2)(c2ccccc2)c2ccccc2)cc1. The van der Waals surface area contributed by atoms with Crippen LogP contribution in [-0.2, 0) is 43.2 Å². The molecule has 0 bridgehead atoms. The molecular weight excluding hydrogens is 1150 g/mol. The van der Waals surface area contributed by atoms with Gasteiger partial charge in [-0.15, -0.1) is 4.17 Å². The van der Waals surface area contributed by atoms with Crippen molar-refractivity contribution in [1.82, 2.24) is 4.17 Å². The largest absolute Gasteiger partial charge is 1.00 e. The number of carboxylic acids is 1. The summed E-state index contributed by atoms with van der Waals surface area (Å²) in [5.41, 5.74) is 5.39. The number of carbonyl (C=O) groups is 1. The number of carboxylic acid groups (broad SMARTS) is 1. The average molecular weight is 1240 g/mol. The van der Waals surface area contributed by atoms with E-state index in [2.05, 4.69) is 289 Å². The van der Waals surface area contributed by atoms with Crippen LogP contribution < -0.4 is 48.4 Å². The second-order valence-corrected chi connectivity index (χ2v) is 32.1. The Morgan fingerprint density at radius 2 is 0.659 bits per heavy atom. The summed E-state index contributed by atoms with van der Waals surface area (Å²) in [4.78, 5) is 19.1. The number of aliphatic imine (C=N–C) groups is 2. The minimum Gasteiger partial charge on any atom is -1.00 e. The predicted molar refractivity (Wildman–Crippen MR) is 358 cm³/mol. The molecule has 8 aromatic carbocycles. The number of benzene rings is 8. The van der Waals surface area contributed by atoms with E-state index in [-0.39, 0.29) is 62.9 Å². The van der Waals surface area contributed by atoms with Gasteiger partial charge in [-0.3, -0.25) is 14.8 Å². The fourth-order valence-electron chi connectivity index (χ4n) is 10.6. The van der Waals surface area contributed by atoms with Gasteiger partial charge in [-0.2, -0.15) is 0 Å². The Morgan fingerprint density at radius 1 is 0.435 bits per heavy atom. The van der Waals surface area contributed by atoms with Crippen molar-refractivity contribution in [1.29, 1.82) is 0 Å². The molecule has 0 amide bonds. The Kier molecular flexibility index (Phi) is 24.3. The van der Waals surface area contributed by atoms with Gasteiger partial charge in [-0.1, -0.05) is 217 Å². The van der Waals surface area contributed by atoms with Crippen LogP contribution >= 0.6 is 14.1 Å². The minimum atomic E-state index is -2.50. The van der Waals surface area contributed by atoms with E-state index in [1.807, 2.05) is 12.4 Å². The molecule has 1 radical (unpaired) electrons. The molecule has 0 saturated heterocycles. The van der Waals surface area contributed by atoms with Crippen LogP contribution in [0.1, 0.15) is 149 Å². The number of rotatable bonds is 10. The van der Waals surface area contributed by atoms with Crippen molar-refractivity contribution in [2.75, 3.05) is 0 Å². The number of phenolic OH excluding ortho intramolecular Hbond substituents is 2. The van der Waals surface area contributed by atoms with E-state index in [4.69, 9.17) is 24.1 Å². The summed E-state index contributed by atoms with van der Waals surface area (Å²) in [6, 6.07) is 74.2. The maximum Gasteiger partial charge on any atom is 0.301 e. The van der Waals surface area contributed by atoms with Gasteiger partial charge >= 0.3 is 14.1 Å². The molecule has 85 heavy (non-hydrogen) atoms. The molecular formula is C74H88ClCoN3O4P2. The molecule has 8 aromatic rings. The zero-order chi connectivity index (χ0) is 60.2. The maximum absolute atomic E-state index is 11.2. The van der Waals surface area contributed by atoms with Crippen LogP contribution in [0.4, 0.5) is 0 Å². The molecule has 2 unspecified atom stereocenters. The first-order chi connectivity index (χ1) is 39.3. The maximum atomic E-state index is 11.2. The summed E-state index contributed by atoms with van der Waals surface area (Å²) < 4.78 is 6.38. The van der Waals surface area contributed by atoms with Gasteiger partial charge in [-0.05, 0) is 131 Å².